The Hall–Kier alpha value is -2.70. The monoisotopic (exact) mass is 366 g/mol. The average Bonchev–Trinajstić information content (AvgIpc) is 3.18. The van der Waals surface area contributed by atoms with Gasteiger partial charge in [-0.15, -0.1) is 0 Å². The fourth-order valence-corrected chi connectivity index (χ4v) is 4.54. The van der Waals surface area contributed by atoms with Gasteiger partial charge in [0.1, 0.15) is 0 Å². The summed E-state index contributed by atoms with van der Waals surface area (Å²) < 4.78 is 5.55. The molecular formula is C20H22N4O3. The summed E-state index contributed by atoms with van der Waals surface area (Å²) in [6.45, 7) is 4.09. The number of likely N-dealkylation sites (tertiary alicyclic amines) is 2. The normalized spacial score (nSPS) is 27.1. The largest absolute Gasteiger partial charge is 0.341 e. The molecule has 2 aliphatic heterocycles. The second-order valence-electron chi connectivity index (χ2n) is 8.04. The Kier molecular flexibility index (Phi) is 3.60. The number of hydrogen-bond acceptors (Lipinski definition) is 5. The van der Waals surface area contributed by atoms with E-state index in [1.54, 1.807) is 6.92 Å². The van der Waals surface area contributed by atoms with Crippen molar-refractivity contribution >= 4 is 11.8 Å². The summed E-state index contributed by atoms with van der Waals surface area (Å²) in [6, 6.07) is 9.32. The predicted molar refractivity (Wildman–Crippen MR) is 95.9 cm³/mol. The first kappa shape index (κ1) is 16.5. The third kappa shape index (κ3) is 2.64. The molecule has 1 aromatic carbocycles. The number of aryl methyl sites for hydroxylation is 1. The van der Waals surface area contributed by atoms with Crippen molar-refractivity contribution in [2.45, 2.75) is 25.2 Å². The molecule has 2 atom stereocenters. The maximum atomic E-state index is 13.0. The van der Waals surface area contributed by atoms with Gasteiger partial charge >= 0.3 is 0 Å². The van der Waals surface area contributed by atoms with Crippen LogP contribution in [0.5, 0.6) is 0 Å². The SMILES string of the molecule is Cc1noc([C@@]23CN(C(=O)c4ccccc4)C[C@@H]2CN(C(=O)C2CC2)C3)n1. The number of amides is 2. The van der Waals surface area contributed by atoms with E-state index in [9.17, 15) is 9.59 Å². The zero-order chi connectivity index (χ0) is 18.6. The number of carbonyl (C=O) groups excluding carboxylic acids is 2. The lowest BCUT2D eigenvalue weighted by molar-refractivity contribution is -0.131. The third-order valence-electron chi connectivity index (χ3n) is 6.11. The fourth-order valence-electron chi connectivity index (χ4n) is 4.54. The van der Waals surface area contributed by atoms with E-state index in [2.05, 4.69) is 10.1 Å². The minimum absolute atomic E-state index is 0.0145. The van der Waals surface area contributed by atoms with Crippen molar-refractivity contribution in [2.24, 2.45) is 11.8 Å². The minimum atomic E-state index is -0.462. The van der Waals surface area contributed by atoms with Crippen LogP contribution < -0.4 is 0 Å². The first-order valence-corrected chi connectivity index (χ1v) is 9.51. The Morgan fingerprint density at radius 2 is 1.81 bits per heavy atom. The molecule has 2 amide bonds. The number of benzene rings is 1. The van der Waals surface area contributed by atoms with Crippen LogP contribution in [-0.2, 0) is 10.2 Å². The quantitative estimate of drug-likeness (QED) is 0.825. The van der Waals surface area contributed by atoms with Gasteiger partial charge in [0.25, 0.3) is 5.91 Å². The molecule has 2 saturated heterocycles. The zero-order valence-corrected chi connectivity index (χ0v) is 15.3. The van der Waals surface area contributed by atoms with Gasteiger partial charge in [-0.05, 0) is 31.9 Å². The van der Waals surface area contributed by atoms with E-state index in [1.165, 1.54) is 0 Å². The number of hydrogen-bond donors (Lipinski definition) is 0. The van der Waals surface area contributed by atoms with E-state index in [-0.39, 0.29) is 23.7 Å². The lowest BCUT2D eigenvalue weighted by Gasteiger charge is -2.26. The van der Waals surface area contributed by atoms with Gasteiger partial charge in [0.15, 0.2) is 5.82 Å². The predicted octanol–water partition coefficient (Wildman–Crippen LogP) is 1.64. The van der Waals surface area contributed by atoms with Crippen LogP contribution in [0.25, 0.3) is 0 Å². The number of carbonyl (C=O) groups is 2. The molecule has 0 bridgehead atoms. The van der Waals surface area contributed by atoms with Crippen molar-refractivity contribution in [2.75, 3.05) is 26.2 Å². The van der Waals surface area contributed by atoms with Gasteiger partial charge in [-0.2, -0.15) is 4.98 Å². The second kappa shape index (κ2) is 5.90. The van der Waals surface area contributed by atoms with E-state index in [4.69, 9.17) is 4.52 Å². The van der Waals surface area contributed by atoms with Gasteiger partial charge in [0.05, 0.1) is 5.41 Å². The molecular weight excluding hydrogens is 344 g/mol. The molecule has 0 radical (unpaired) electrons. The van der Waals surface area contributed by atoms with Crippen LogP contribution in [0.3, 0.4) is 0 Å². The summed E-state index contributed by atoms with van der Waals surface area (Å²) >= 11 is 0. The van der Waals surface area contributed by atoms with Crippen molar-refractivity contribution in [1.29, 1.82) is 0 Å². The molecule has 3 heterocycles. The summed E-state index contributed by atoms with van der Waals surface area (Å²) in [7, 11) is 0. The van der Waals surface area contributed by atoms with E-state index >= 15 is 0 Å². The molecule has 7 nitrogen and oxygen atoms in total. The highest BCUT2D eigenvalue weighted by atomic mass is 16.5. The summed E-state index contributed by atoms with van der Waals surface area (Å²) in [5.74, 6) is 1.69. The maximum absolute atomic E-state index is 13.0. The van der Waals surface area contributed by atoms with Crippen LogP contribution in [0.1, 0.15) is 34.9 Å². The van der Waals surface area contributed by atoms with Gasteiger partial charge < -0.3 is 14.3 Å². The molecule has 1 saturated carbocycles. The smallest absolute Gasteiger partial charge is 0.253 e. The molecule has 3 fully saturated rings. The van der Waals surface area contributed by atoms with Crippen molar-refractivity contribution < 1.29 is 14.1 Å². The lowest BCUT2D eigenvalue weighted by Crippen LogP contribution is -2.41. The summed E-state index contributed by atoms with van der Waals surface area (Å²) in [6.07, 6.45) is 1.98. The average molecular weight is 366 g/mol. The molecule has 0 unspecified atom stereocenters. The number of nitrogens with zero attached hydrogens (tertiary/aromatic N) is 4. The standard InChI is InChI=1S/C20H22N4O3/c1-13-21-19(27-22-13)20-11-23(17(25)14-5-3-2-4-6-14)9-16(20)10-24(12-20)18(26)15-7-8-15/h2-6,15-16H,7-12H2,1H3/t16-,20-/m1/s1. The zero-order valence-electron chi connectivity index (χ0n) is 15.3. The van der Waals surface area contributed by atoms with Gasteiger partial charge in [0.2, 0.25) is 11.8 Å². The topological polar surface area (TPSA) is 79.5 Å². The molecule has 7 heteroatoms. The highest BCUT2D eigenvalue weighted by Gasteiger charge is 2.59. The van der Waals surface area contributed by atoms with Gasteiger partial charge in [-0.3, -0.25) is 9.59 Å². The maximum Gasteiger partial charge on any atom is 0.253 e. The fraction of sp³-hybridized carbons (Fsp3) is 0.500. The van der Waals surface area contributed by atoms with E-state index < -0.39 is 5.41 Å². The van der Waals surface area contributed by atoms with Crippen molar-refractivity contribution in [3.63, 3.8) is 0 Å². The summed E-state index contributed by atoms with van der Waals surface area (Å²) in [4.78, 5) is 33.9. The number of aromatic nitrogens is 2. The number of rotatable bonds is 3. The van der Waals surface area contributed by atoms with Gasteiger partial charge in [-0.1, -0.05) is 23.4 Å². The Morgan fingerprint density at radius 3 is 2.48 bits per heavy atom. The first-order valence-electron chi connectivity index (χ1n) is 9.51. The number of fused-ring (bicyclic) bond motifs is 1. The molecule has 1 aliphatic carbocycles. The third-order valence-corrected chi connectivity index (χ3v) is 6.11. The van der Waals surface area contributed by atoms with Crippen molar-refractivity contribution in [3.05, 3.63) is 47.6 Å². The Bertz CT molecular complexity index is 892. The molecule has 27 heavy (non-hydrogen) atoms. The summed E-state index contributed by atoms with van der Waals surface area (Å²) in [5, 5.41) is 3.97. The second-order valence-corrected chi connectivity index (χ2v) is 8.04. The molecule has 1 aromatic heterocycles. The van der Waals surface area contributed by atoms with Gasteiger partial charge in [-0.25, -0.2) is 0 Å². The minimum Gasteiger partial charge on any atom is -0.341 e. The Balaban J connectivity index is 1.45. The Morgan fingerprint density at radius 1 is 1.11 bits per heavy atom. The van der Waals surface area contributed by atoms with Crippen LogP contribution in [0, 0.1) is 18.8 Å². The first-order chi connectivity index (χ1) is 13.1. The van der Waals surface area contributed by atoms with Crippen molar-refractivity contribution in [1.82, 2.24) is 19.9 Å². The Labute approximate surface area is 157 Å². The van der Waals surface area contributed by atoms with Crippen molar-refractivity contribution in [3.8, 4) is 0 Å². The van der Waals surface area contributed by atoms with Crippen LogP contribution in [0.4, 0.5) is 0 Å². The molecule has 140 valence electrons. The van der Waals surface area contributed by atoms with Crippen LogP contribution in [0.2, 0.25) is 0 Å². The molecule has 0 N–H and O–H groups in total. The van der Waals surface area contributed by atoms with Crippen LogP contribution in [-0.4, -0.2) is 57.9 Å². The molecule has 0 spiro atoms. The molecule has 2 aromatic rings. The summed E-state index contributed by atoms with van der Waals surface area (Å²) in [5.41, 5.74) is 0.219. The van der Waals surface area contributed by atoms with Gasteiger partial charge in [0, 0.05) is 43.6 Å². The highest BCUT2D eigenvalue weighted by Crippen LogP contribution is 2.46. The molecule has 5 rings (SSSR count). The lowest BCUT2D eigenvalue weighted by atomic mass is 9.81. The van der Waals surface area contributed by atoms with E-state index in [0.717, 1.165) is 12.8 Å². The highest BCUT2D eigenvalue weighted by molar-refractivity contribution is 5.94. The van der Waals surface area contributed by atoms with Crippen LogP contribution >= 0.6 is 0 Å². The van der Waals surface area contributed by atoms with Crippen LogP contribution in [0.15, 0.2) is 34.9 Å². The van der Waals surface area contributed by atoms with E-state index in [0.29, 0.717) is 43.5 Å². The van der Waals surface area contributed by atoms with E-state index in [1.807, 2.05) is 40.1 Å². The molecule has 3 aliphatic rings.